The molecule has 22 nitrogen and oxygen atoms in total. The molecule has 561 valence electrons. The predicted molar refractivity (Wildman–Crippen MR) is 394 cm³/mol. The van der Waals surface area contributed by atoms with E-state index < -0.39 is 106 Å². The largest absolute Gasteiger partial charge is 0.481 e. The zero-order chi connectivity index (χ0) is 75.5. The first-order chi connectivity index (χ1) is 46.5. The number of aliphatic carboxylic acids is 2. The standard InChI is InChI=1S/C18H26O4.C16H20O4.C15H16O4.C15H14O4.C9H8O.C6H8O4.2CH4.Ac.H2O/c1-6-12(2)14-9-7-13(8-10-14)11-15(16(19)20)17(21)22-18(3,4)5;1-5-11-6-8-12(9-7-11)10-13(14(17)18)15(19)20-16(2,3)4;2*1-4-10-5-7-11(8-6-10)9-12-13(16)18-15(2,3)19-14(12)17;1-2-8-3-5-9(7-10)6-4-8;1-6(2)9-4(7)3-5(8)10-6;;;;/h7-10,12,15H,6,11H2,1-5H3,(H,19,20);5-9,13H,1,10H2,2-4H3,(H,17,18);4-8,12H,1,9H2,2-3H3;4-9H,1H2,2-3H3;2-7H,1H2;3H2,1-2H3;2*1H4;;1H2. The van der Waals surface area contributed by atoms with E-state index in [2.05, 4.69) is 49.6 Å². The average Bonchev–Trinajstić information content (AvgIpc) is 0.816. The van der Waals surface area contributed by atoms with E-state index in [0.717, 1.165) is 51.7 Å². The Balaban J connectivity index is 0. The number of carboxylic acid groups (broad SMARTS) is 2. The summed E-state index contributed by atoms with van der Waals surface area (Å²) in [5.74, 6) is -13.4. The minimum Gasteiger partial charge on any atom is -0.481 e. The van der Waals surface area contributed by atoms with Crippen LogP contribution in [0.25, 0.3) is 30.4 Å². The Bertz CT molecular complexity index is 3670. The Hall–Kier alpha value is -9.43. The molecule has 0 bridgehead atoms. The summed E-state index contributed by atoms with van der Waals surface area (Å²) in [7, 11) is 0. The van der Waals surface area contributed by atoms with Crippen LogP contribution in [0.15, 0.2) is 153 Å². The molecule has 5 aromatic rings. The molecule has 3 saturated heterocycles. The molecule has 3 fully saturated rings. The first-order valence-electron chi connectivity index (χ1n) is 32.0. The summed E-state index contributed by atoms with van der Waals surface area (Å²) in [4.78, 5) is 125. The molecule has 3 aliphatic heterocycles. The molecule has 0 amide bonds. The van der Waals surface area contributed by atoms with Gasteiger partial charge in [0.1, 0.15) is 29.5 Å². The fourth-order valence-corrected chi connectivity index (χ4v) is 8.85. The van der Waals surface area contributed by atoms with Gasteiger partial charge in [0, 0.05) is 91.2 Å². The van der Waals surface area contributed by atoms with Crippen LogP contribution in [-0.4, -0.2) is 110 Å². The van der Waals surface area contributed by atoms with Crippen LogP contribution >= 0.6 is 0 Å². The van der Waals surface area contributed by atoms with Gasteiger partial charge in [-0.3, -0.25) is 43.2 Å². The maximum Gasteiger partial charge on any atom is 0.348 e. The third kappa shape index (κ3) is 35.2. The van der Waals surface area contributed by atoms with Crippen molar-refractivity contribution < 1.29 is 150 Å². The van der Waals surface area contributed by atoms with Crippen molar-refractivity contribution in [2.75, 3.05) is 0 Å². The van der Waals surface area contributed by atoms with E-state index in [-0.39, 0.29) is 95.6 Å². The van der Waals surface area contributed by atoms with Crippen LogP contribution in [0.4, 0.5) is 0 Å². The van der Waals surface area contributed by atoms with Gasteiger partial charge in [-0.05, 0) is 129 Å². The normalized spacial score (nSPS) is 15.1. The minimum absolute atomic E-state index is 0. The second-order valence-corrected chi connectivity index (χ2v) is 26.3. The minimum atomic E-state index is -1.21. The van der Waals surface area contributed by atoms with E-state index in [0.29, 0.717) is 17.0 Å². The number of carbonyl (C=O) groups is 11. The molecule has 104 heavy (non-hydrogen) atoms. The van der Waals surface area contributed by atoms with E-state index in [4.69, 9.17) is 28.4 Å². The van der Waals surface area contributed by atoms with E-state index in [1.165, 1.54) is 53.2 Å². The number of aldehydes is 1. The molecular formula is C81H102AcO22. The summed E-state index contributed by atoms with van der Waals surface area (Å²) in [6.07, 6.45) is 10.5. The number of benzene rings is 5. The summed E-state index contributed by atoms with van der Waals surface area (Å²) < 4.78 is 39.8. The molecule has 23 heteroatoms. The van der Waals surface area contributed by atoms with Crippen LogP contribution in [-0.2, 0) is 105 Å². The van der Waals surface area contributed by atoms with E-state index in [1.807, 2.05) is 84.9 Å². The van der Waals surface area contributed by atoms with Crippen molar-refractivity contribution in [3.8, 4) is 0 Å². The number of hydrogen-bond acceptors (Lipinski definition) is 19. The average molecular weight is 1650 g/mol. The van der Waals surface area contributed by atoms with Crippen molar-refractivity contribution in [1.29, 1.82) is 0 Å². The van der Waals surface area contributed by atoms with Crippen LogP contribution in [0.1, 0.15) is 191 Å². The van der Waals surface area contributed by atoms with Gasteiger partial charge < -0.3 is 53.6 Å². The van der Waals surface area contributed by atoms with Crippen molar-refractivity contribution in [3.63, 3.8) is 0 Å². The molecule has 3 atom stereocenters. The van der Waals surface area contributed by atoms with E-state index >= 15 is 0 Å². The number of ether oxygens (including phenoxy) is 8. The molecule has 0 saturated carbocycles. The first-order valence-corrected chi connectivity index (χ1v) is 32.0. The number of hydrogen-bond donors (Lipinski definition) is 2. The SMILES string of the molecule is C.C.C=Cc1ccc(C=C2C(=O)OC(C)(C)OC2=O)cc1.C=Cc1ccc(C=O)cc1.C=Cc1ccc(CC(C(=O)O)C(=O)OC(C)(C)C)cc1.C=Cc1ccc(CC2C(=O)OC(C)(C)OC2=O)cc1.CC1(C)OC(=O)CC(=O)O1.CCC(C)c1ccc(CC(C(=O)O)C(=O)OC(C)(C)C)cc1.O.[Ac]. The maximum absolute atomic E-state index is 12.0. The van der Waals surface area contributed by atoms with Crippen LogP contribution in [0.3, 0.4) is 0 Å². The van der Waals surface area contributed by atoms with Gasteiger partial charge in [0.15, 0.2) is 17.8 Å². The number of esters is 8. The maximum atomic E-state index is 12.0. The van der Waals surface area contributed by atoms with Crippen LogP contribution in [0.2, 0.25) is 0 Å². The number of carbonyl (C=O) groups excluding carboxylic acids is 9. The topological polar surface area (TPSA) is 334 Å². The molecule has 3 aliphatic rings. The summed E-state index contributed by atoms with van der Waals surface area (Å²) in [5, 5.41) is 18.5. The number of cyclic esters (lactones) is 6. The van der Waals surface area contributed by atoms with Gasteiger partial charge in [0.2, 0.25) is 0 Å². The van der Waals surface area contributed by atoms with Gasteiger partial charge >= 0.3 is 59.7 Å². The molecule has 0 aromatic heterocycles. The summed E-state index contributed by atoms with van der Waals surface area (Å²) in [6.45, 7) is 38.3. The van der Waals surface area contributed by atoms with Crippen molar-refractivity contribution in [2.24, 2.45) is 17.8 Å². The first kappa shape index (κ1) is 96.6. The van der Waals surface area contributed by atoms with Gasteiger partial charge in [-0.1, -0.05) is 201 Å². The van der Waals surface area contributed by atoms with Gasteiger partial charge in [0.25, 0.3) is 17.4 Å². The van der Waals surface area contributed by atoms with Crippen molar-refractivity contribution >= 4 is 96.4 Å². The van der Waals surface area contributed by atoms with Crippen LogP contribution in [0.5, 0.6) is 0 Å². The quantitative estimate of drug-likeness (QED) is 0.0205. The van der Waals surface area contributed by atoms with Gasteiger partial charge in [0.05, 0.1) is 0 Å². The van der Waals surface area contributed by atoms with E-state index in [9.17, 15) is 63.0 Å². The predicted octanol–water partition coefficient (Wildman–Crippen LogP) is 14.4. The Morgan fingerprint density at radius 2 is 0.798 bits per heavy atom. The Morgan fingerprint density at radius 1 is 0.500 bits per heavy atom. The van der Waals surface area contributed by atoms with Crippen molar-refractivity contribution in [3.05, 3.63) is 209 Å². The third-order valence-corrected chi connectivity index (χ3v) is 14.1. The summed E-state index contributed by atoms with van der Waals surface area (Å²) in [5.41, 5.74) is 7.53. The second-order valence-electron chi connectivity index (χ2n) is 26.3. The molecular weight excluding hydrogens is 1550 g/mol. The smallest absolute Gasteiger partial charge is 0.348 e. The Morgan fingerprint density at radius 3 is 1.11 bits per heavy atom. The zero-order valence-electron chi connectivity index (χ0n) is 60.4. The zero-order valence-corrected chi connectivity index (χ0v) is 65.2. The molecule has 3 unspecified atom stereocenters. The molecule has 0 spiro atoms. The molecule has 8 rings (SSSR count). The molecule has 1 radical (unpaired) electrons. The summed E-state index contributed by atoms with van der Waals surface area (Å²) >= 11 is 0. The van der Waals surface area contributed by atoms with Gasteiger partial charge in [-0.2, -0.15) is 0 Å². The third-order valence-electron chi connectivity index (χ3n) is 14.1. The van der Waals surface area contributed by atoms with Crippen molar-refractivity contribution in [2.45, 2.75) is 178 Å². The van der Waals surface area contributed by atoms with Crippen molar-refractivity contribution in [1.82, 2.24) is 0 Å². The van der Waals surface area contributed by atoms with E-state index in [1.54, 1.807) is 102 Å². The Labute approximate surface area is 647 Å². The molecule has 3 heterocycles. The Kier molecular flexibility index (Phi) is 41.1. The van der Waals surface area contributed by atoms with Crippen LogP contribution < -0.4 is 0 Å². The van der Waals surface area contributed by atoms with Gasteiger partial charge in [-0.15, -0.1) is 0 Å². The number of rotatable bonds is 18. The van der Waals surface area contributed by atoms with Gasteiger partial charge in [-0.25, -0.2) is 9.59 Å². The molecule has 5 aromatic carbocycles. The number of carboxylic acids is 2. The summed E-state index contributed by atoms with van der Waals surface area (Å²) in [6, 6.07) is 37.0. The molecule has 0 aliphatic carbocycles. The fraction of sp³-hybridized carbons (Fsp3) is 0.370. The monoisotopic (exact) mass is 1650 g/mol. The van der Waals surface area contributed by atoms with Crippen LogP contribution in [0, 0.1) is 61.8 Å². The molecule has 4 N–H and O–H groups in total. The second kappa shape index (κ2) is 44.3. The fourth-order valence-electron chi connectivity index (χ4n) is 8.85.